The second-order valence-electron chi connectivity index (χ2n) is 6.79. The Labute approximate surface area is 170 Å². The number of carbonyl (C=O) groups excluding carboxylic acids is 1. The summed E-state index contributed by atoms with van der Waals surface area (Å²) in [6, 6.07) is 12.6. The van der Waals surface area contributed by atoms with Crippen LogP contribution in [0.5, 0.6) is 0 Å². The van der Waals surface area contributed by atoms with Crippen LogP contribution in [0.2, 0.25) is 0 Å². The van der Waals surface area contributed by atoms with Crippen LogP contribution in [-0.2, 0) is 12.6 Å². The van der Waals surface area contributed by atoms with Crippen LogP contribution in [0.15, 0.2) is 65.9 Å². The zero-order valence-electron chi connectivity index (χ0n) is 15.9. The van der Waals surface area contributed by atoms with Crippen LogP contribution in [0.4, 0.5) is 24.5 Å². The van der Waals surface area contributed by atoms with Gasteiger partial charge in [0.25, 0.3) is 5.91 Å². The van der Waals surface area contributed by atoms with Crippen molar-refractivity contribution in [1.29, 1.82) is 0 Å². The van der Waals surface area contributed by atoms with Crippen molar-refractivity contribution in [2.45, 2.75) is 12.6 Å². The molecule has 5 nitrogen and oxygen atoms in total. The maximum absolute atomic E-state index is 13.7. The highest BCUT2D eigenvalue weighted by Gasteiger charge is 2.35. The molecule has 0 radical (unpaired) electrons. The number of aromatic nitrogens is 1. The van der Waals surface area contributed by atoms with Gasteiger partial charge in [0, 0.05) is 42.7 Å². The minimum absolute atomic E-state index is 0.0763. The van der Waals surface area contributed by atoms with Gasteiger partial charge in [0.15, 0.2) is 0 Å². The summed E-state index contributed by atoms with van der Waals surface area (Å²) in [4.78, 5) is 20.1. The first kappa shape index (κ1) is 19.6. The zero-order chi connectivity index (χ0) is 21.3. The summed E-state index contributed by atoms with van der Waals surface area (Å²) in [5, 5.41) is 5.65. The molecule has 0 fully saturated rings. The second-order valence-corrected chi connectivity index (χ2v) is 6.79. The summed E-state index contributed by atoms with van der Waals surface area (Å²) in [6.45, 7) is 0. The molecule has 2 heterocycles. The Kier molecular flexibility index (Phi) is 4.99. The van der Waals surface area contributed by atoms with Crippen LogP contribution >= 0.6 is 0 Å². The van der Waals surface area contributed by atoms with Gasteiger partial charge in [-0.25, -0.2) is 4.99 Å². The van der Waals surface area contributed by atoms with Gasteiger partial charge in [0.2, 0.25) is 0 Å². The van der Waals surface area contributed by atoms with E-state index in [0.29, 0.717) is 34.6 Å². The highest BCUT2D eigenvalue weighted by atomic mass is 19.4. The normalized spacial score (nSPS) is 12.9. The molecule has 30 heavy (non-hydrogen) atoms. The number of alkyl halides is 3. The fraction of sp³-hybridized carbons (Fsp3) is 0.136. The number of halogens is 3. The minimum Gasteiger partial charge on any atom is -0.355 e. The number of rotatable bonds is 3. The molecule has 8 heteroatoms. The number of nitrogens with zero attached hydrogens (tertiary/aromatic N) is 2. The quantitative estimate of drug-likeness (QED) is 0.650. The van der Waals surface area contributed by atoms with Gasteiger partial charge in [-0.05, 0) is 47.5 Å². The number of fused-ring (bicyclic) bond motifs is 1. The Bertz CT molecular complexity index is 1140. The molecule has 2 aromatic carbocycles. The van der Waals surface area contributed by atoms with Crippen molar-refractivity contribution < 1.29 is 18.0 Å². The molecule has 0 saturated carbocycles. The summed E-state index contributed by atoms with van der Waals surface area (Å²) in [7, 11) is 1.54. The van der Waals surface area contributed by atoms with Gasteiger partial charge < -0.3 is 10.6 Å². The molecule has 1 aliphatic rings. The van der Waals surface area contributed by atoms with Crippen molar-refractivity contribution >= 4 is 23.1 Å². The lowest BCUT2D eigenvalue weighted by Gasteiger charge is -2.14. The number of anilines is 1. The number of pyridine rings is 1. The SMILES string of the molecule is CNC(=O)c1cccc(NC2=Nc3cc(C(F)(F)F)c(-c4cccnc4)cc3C2)c1. The summed E-state index contributed by atoms with van der Waals surface area (Å²) in [6.07, 6.45) is -1.24. The average molecular weight is 410 g/mol. The average Bonchev–Trinajstić information content (AvgIpc) is 3.13. The van der Waals surface area contributed by atoms with Gasteiger partial charge in [-0.3, -0.25) is 9.78 Å². The van der Waals surface area contributed by atoms with Crippen molar-refractivity contribution in [3.8, 4) is 11.1 Å². The molecule has 1 aliphatic heterocycles. The van der Waals surface area contributed by atoms with Crippen LogP contribution in [0.3, 0.4) is 0 Å². The predicted octanol–water partition coefficient (Wildman–Crippen LogP) is 4.83. The van der Waals surface area contributed by atoms with Crippen molar-refractivity contribution in [1.82, 2.24) is 10.3 Å². The Morgan fingerprint density at radius 2 is 1.93 bits per heavy atom. The van der Waals surface area contributed by atoms with E-state index in [-0.39, 0.29) is 17.2 Å². The van der Waals surface area contributed by atoms with E-state index < -0.39 is 11.7 Å². The molecule has 4 rings (SSSR count). The molecule has 0 unspecified atom stereocenters. The first-order chi connectivity index (χ1) is 14.3. The predicted molar refractivity (Wildman–Crippen MR) is 109 cm³/mol. The van der Waals surface area contributed by atoms with Crippen LogP contribution in [0.1, 0.15) is 21.5 Å². The molecular weight excluding hydrogens is 393 g/mol. The molecule has 1 amide bonds. The highest BCUT2D eigenvalue weighted by Crippen LogP contribution is 2.42. The lowest BCUT2D eigenvalue weighted by Crippen LogP contribution is -2.18. The van der Waals surface area contributed by atoms with Gasteiger partial charge in [-0.2, -0.15) is 13.2 Å². The number of carbonyl (C=O) groups is 1. The number of hydrogen-bond donors (Lipinski definition) is 2. The Morgan fingerprint density at radius 3 is 2.63 bits per heavy atom. The number of aliphatic imine (C=N–C) groups is 1. The Hall–Kier alpha value is -3.68. The van der Waals surface area contributed by atoms with Gasteiger partial charge in [-0.15, -0.1) is 0 Å². The zero-order valence-corrected chi connectivity index (χ0v) is 15.9. The maximum Gasteiger partial charge on any atom is 0.417 e. The van der Waals surface area contributed by atoms with Crippen molar-refractivity contribution in [2.75, 3.05) is 12.4 Å². The van der Waals surface area contributed by atoms with Crippen LogP contribution in [-0.4, -0.2) is 23.8 Å². The smallest absolute Gasteiger partial charge is 0.355 e. The highest BCUT2D eigenvalue weighted by molar-refractivity contribution is 6.03. The summed E-state index contributed by atoms with van der Waals surface area (Å²) >= 11 is 0. The third-order valence-corrected chi connectivity index (χ3v) is 4.75. The molecule has 0 saturated heterocycles. The van der Waals surface area contributed by atoms with Crippen LogP contribution in [0.25, 0.3) is 11.1 Å². The van der Waals surface area contributed by atoms with E-state index in [0.717, 1.165) is 6.07 Å². The molecule has 0 atom stereocenters. The number of amidine groups is 1. The number of nitrogens with one attached hydrogen (secondary N) is 2. The number of hydrogen-bond acceptors (Lipinski definition) is 4. The van der Waals surface area contributed by atoms with Gasteiger partial charge >= 0.3 is 6.18 Å². The first-order valence-electron chi connectivity index (χ1n) is 9.16. The van der Waals surface area contributed by atoms with E-state index in [2.05, 4.69) is 20.6 Å². The maximum atomic E-state index is 13.7. The van der Waals surface area contributed by atoms with Crippen molar-refractivity contribution in [2.24, 2.45) is 4.99 Å². The summed E-state index contributed by atoms with van der Waals surface area (Å²) in [5.74, 6) is 0.279. The molecule has 2 N–H and O–H groups in total. The minimum atomic E-state index is -4.52. The van der Waals surface area contributed by atoms with E-state index in [4.69, 9.17) is 0 Å². The standard InChI is InChI=1S/C22H17F3N4O/c1-26-21(30)13-4-2-6-16(8-13)28-20-10-15-9-17(14-5-3-7-27-12-14)18(22(23,24)25)11-19(15)29-20/h2-9,11-12H,10H2,1H3,(H,26,30)(H,28,29). The van der Waals surface area contributed by atoms with E-state index in [1.807, 2.05) is 0 Å². The Balaban J connectivity index is 1.66. The van der Waals surface area contributed by atoms with Gasteiger partial charge in [-0.1, -0.05) is 12.1 Å². The Morgan fingerprint density at radius 1 is 1.10 bits per heavy atom. The fourth-order valence-corrected chi connectivity index (χ4v) is 3.36. The van der Waals surface area contributed by atoms with Gasteiger partial charge in [0.1, 0.15) is 5.84 Å². The monoisotopic (exact) mass is 410 g/mol. The van der Waals surface area contributed by atoms with Crippen molar-refractivity contribution in [3.63, 3.8) is 0 Å². The van der Waals surface area contributed by atoms with E-state index in [1.54, 1.807) is 36.4 Å². The first-order valence-corrected chi connectivity index (χ1v) is 9.16. The number of benzene rings is 2. The van der Waals surface area contributed by atoms with Crippen LogP contribution in [0, 0.1) is 0 Å². The van der Waals surface area contributed by atoms with E-state index in [1.165, 1.54) is 25.5 Å². The van der Waals surface area contributed by atoms with Crippen molar-refractivity contribution in [3.05, 3.63) is 77.6 Å². The third-order valence-electron chi connectivity index (χ3n) is 4.75. The molecule has 0 spiro atoms. The fourth-order valence-electron chi connectivity index (χ4n) is 3.36. The molecule has 1 aromatic heterocycles. The van der Waals surface area contributed by atoms with E-state index in [9.17, 15) is 18.0 Å². The largest absolute Gasteiger partial charge is 0.417 e. The molecule has 0 bridgehead atoms. The lowest BCUT2D eigenvalue weighted by molar-refractivity contribution is -0.137. The topological polar surface area (TPSA) is 66.4 Å². The summed E-state index contributed by atoms with van der Waals surface area (Å²) < 4.78 is 41.0. The van der Waals surface area contributed by atoms with Gasteiger partial charge in [0.05, 0.1) is 11.3 Å². The lowest BCUT2D eigenvalue weighted by atomic mass is 9.96. The third kappa shape index (κ3) is 3.89. The van der Waals surface area contributed by atoms with E-state index >= 15 is 0 Å². The molecule has 152 valence electrons. The van der Waals surface area contributed by atoms with Crippen LogP contribution < -0.4 is 10.6 Å². The molecule has 3 aromatic rings. The second kappa shape index (κ2) is 7.62. The molecule has 0 aliphatic carbocycles. The number of amides is 1. The summed E-state index contributed by atoms with van der Waals surface area (Å²) in [5.41, 5.74) is 1.79. The molecular formula is C22H17F3N4O.